The van der Waals surface area contributed by atoms with Crippen molar-refractivity contribution < 1.29 is 14.3 Å². The van der Waals surface area contributed by atoms with Crippen LogP contribution in [-0.4, -0.2) is 42.2 Å². The Balaban J connectivity index is 2.21. The van der Waals surface area contributed by atoms with E-state index < -0.39 is 5.82 Å². The molecule has 1 amide bonds. The van der Waals surface area contributed by atoms with Crippen LogP contribution in [0.1, 0.15) is 22.3 Å². The van der Waals surface area contributed by atoms with E-state index in [0.717, 1.165) is 6.42 Å². The zero-order valence-electron chi connectivity index (χ0n) is 11.1. The molecule has 0 spiro atoms. The fourth-order valence-electron chi connectivity index (χ4n) is 2.26. The van der Waals surface area contributed by atoms with Gasteiger partial charge in [-0.25, -0.2) is 4.39 Å². The van der Waals surface area contributed by atoms with Crippen molar-refractivity contribution in [3.8, 4) is 11.8 Å². The molecule has 1 saturated heterocycles. The molecule has 2 rings (SSSR count). The van der Waals surface area contributed by atoms with Gasteiger partial charge >= 0.3 is 0 Å². The van der Waals surface area contributed by atoms with Gasteiger partial charge in [0.25, 0.3) is 5.91 Å². The quantitative estimate of drug-likeness (QED) is 0.777. The van der Waals surface area contributed by atoms with Gasteiger partial charge in [-0.15, -0.1) is 0 Å². The summed E-state index contributed by atoms with van der Waals surface area (Å²) in [6.07, 6.45) is 0.747. The van der Waals surface area contributed by atoms with Crippen molar-refractivity contribution in [2.75, 3.05) is 26.2 Å². The third-order valence-corrected chi connectivity index (χ3v) is 3.36. The lowest BCUT2D eigenvalue weighted by Gasteiger charge is -2.16. The first kappa shape index (κ1) is 14.5. The van der Waals surface area contributed by atoms with Gasteiger partial charge in [0, 0.05) is 31.2 Å². The molecule has 5 heteroatoms. The van der Waals surface area contributed by atoms with Crippen LogP contribution in [0.4, 0.5) is 4.39 Å². The fourth-order valence-corrected chi connectivity index (χ4v) is 2.26. The Morgan fingerprint density at radius 3 is 3.00 bits per heavy atom. The molecule has 1 heterocycles. The van der Waals surface area contributed by atoms with E-state index in [1.54, 1.807) is 4.90 Å². The van der Waals surface area contributed by atoms with Gasteiger partial charge in [0.15, 0.2) is 0 Å². The smallest absolute Gasteiger partial charge is 0.256 e. The Kier molecular flexibility index (Phi) is 4.72. The Hall–Kier alpha value is -1.90. The van der Waals surface area contributed by atoms with Crippen molar-refractivity contribution in [1.29, 1.82) is 0 Å². The number of hydrogen-bond donors (Lipinski definition) is 2. The summed E-state index contributed by atoms with van der Waals surface area (Å²) in [7, 11) is 0. The van der Waals surface area contributed by atoms with Gasteiger partial charge in [0.2, 0.25) is 0 Å². The predicted molar refractivity (Wildman–Crippen MR) is 73.4 cm³/mol. The lowest BCUT2D eigenvalue weighted by molar-refractivity contribution is 0.0777. The highest BCUT2D eigenvalue weighted by atomic mass is 19.1. The number of rotatable bonds is 2. The molecule has 0 aromatic heterocycles. The molecule has 0 aliphatic carbocycles. The lowest BCUT2D eigenvalue weighted by atomic mass is 10.1. The summed E-state index contributed by atoms with van der Waals surface area (Å²) in [5, 5.41) is 9.09. The normalized spacial score (nSPS) is 17.8. The predicted octanol–water partition coefficient (Wildman–Crippen LogP) is 0.590. The molecule has 0 radical (unpaired) electrons. The topological polar surface area (TPSA) is 66.6 Å². The van der Waals surface area contributed by atoms with Crippen LogP contribution >= 0.6 is 0 Å². The number of nitrogens with two attached hydrogens (primary N) is 1. The first-order valence-electron chi connectivity index (χ1n) is 6.54. The van der Waals surface area contributed by atoms with Crippen molar-refractivity contribution in [1.82, 2.24) is 4.90 Å². The van der Waals surface area contributed by atoms with Crippen LogP contribution in [0, 0.1) is 23.6 Å². The van der Waals surface area contributed by atoms with Crippen LogP contribution in [0.2, 0.25) is 0 Å². The number of benzene rings is 1. The van der Waals surface area contributed by atoms with Gasteiger partial charge in [-0.2, -0.15) is 0 Å². The molecule has 0 saturated carbocycles. The Bertz CT molecular complexity index is 563. The molecule has 1 aromatic carbocycles. The van der Waals surface area contributed by atoms with Crippen LogP contribution in [0.15, 0.2) is 18.2 Å². The number of carbonyl (C=O) groups excluding carboxylic acids is 1. The van der Waals surface area contributed by atoms with Gasteiger partial charge in [0.05, 0.1) is 12.1 Å². The number of halogens is 1. The summed E-state index contributed by atoms with van der Waals surface area (Å²) in [4.78, 5) is 13.9. The van der Waals surface area contributed by atoms with E-state index in [2.05, 4.69) is 11.8 Å². The van der Waals surface area contributed by atoms with E-state index >= 15 is 0 Å². The second kappa shape index (κ2) is 6.51. The molecule has 1 fully saturated rings. The highest BCUT2D eigenvalue weighted by molar-refractivity contribution is 5.95. The van der Waals surface area contributed by atoms with Crippen LogP contribution in [0.5, 0.6) is 0 Å². The number of amides is 1. The molecule has 1 aliphatic rings. The van der Waals surface area contributed by atoms with Crippen molar-refractivity contribution in [2.24, 2.45) is 11.7 Å². The third-order valence-electron chi connectivity index (χ3n) is 3.36. The van der Waals surface area contributed by atoms with Crippen molar-refractivity contribution >= 4 is 5.91 Å². The van der Waals surface area contributed by atoms with E-state index in [1.807, 2.05) is 0 Å². The number of likely N-dealkylation sites (tertiary alicyclic amines) is 1. The molecule has 106 valence electrons. The number of nitrogens with zero attached hydrogens (tertiary/aromatic N) is 1. The Morgan fingerprint density at radius 1 is 1.55 bits per heavy atom. The number of aliphatic hydroxyl groups excluding tert-OH is 1. The molecule has 3 N–H and O–H groups in total. The van der Waals surface area contributed by atoms with Gasteiger partial charge < -0.3 is 15.7 Å². The molecule has 20 heavy (non-hydrogen) atoms. The maximum absolute atomic E-state index is 13.8. The van der Waals surface area contributed by atoms with Gasteiger partial charge in [-0.3, -0.25) is 4.79 Å². The maximum atomic E-state index is 13.8. The zero-order valence-corrected chi connectivity index (χ0v) is 11.1. The monoisotopic (exact) mass is 276 g/mol. The number of aliphatic hydroxyl groups is 1. The van der Waals surface area contributed by atoms with Crippen molar-refractivity contribution in [3.63, 3.8) is 0 Å². The molecule has 4 nitrogen and oxygen atoms in total. The minimum absolute atomic E-state index is 0.0208. The average molecular weight is 276 g/mol. The fraction of sp³-hybridized carbons (Fsp3) is 0.400. The van der Waals surface area contributed by atoms with E-state index in [4.69, 9.17) is 10.8 Å². The largest absolute Gasteiger partial charge is 0.396 e. The maximum Gasteiger partial charge on any atom is 0.256 e. The standard InChI is InChI=1S/C15H17FN2O2/c16-14-4-3-11(2-1-6-17)8-13(14)15(20)18-7-5-12(9-18)10-19/h3-4,8,12,19H,5-7,9-10,17H2. The molecule has 1 unspecified atom stereocenters. The van der Waals surface area contributed by atoms with Crippen molar-refractivity contribution in [3.05, 3.63) is 35.1 Å². The van der Waals surface area contributed by atoms with E-state index in [9.17, 15) is 9.18 Å². The number of hydrogen-bond acceptors (Lipinski definition) is 3. The first-order valence-corrected chi connectivity index (χ1v) is 6.54. The number of carbonyl (C=O) groups is 1. The Morgan fingerprint density at radius 2 is 2.35 bits per heavy atom. The third kappa shape index (κ3) is 3.16. The molecule has 1 atom stereocenters. The molecular weight excluding hydrogens is 259 g/mol. The van der Waals surface area contributed by atoms with Crippen LogP contribution in [0.3, 0.4) is 0 Å². The van der Waals surface area contributed by atoms with E-state index in [0.29, 0.717) is 18.7 Å². The summed E-state index contributed by atoms with van der Waals surface area (Å²) in [5.41, 5.74) is 5.88. The summed E-state index contributed by atoms with van der Waals surface area (Å²) in [5.74, 6) is 4.64. The zero-order chi connectivity index (χ0) is 14.5. The van der Waals surface area contributed by atoms with Gasteiger partial charge in [-0.05, 0) is 24.6 Å². The van der Waals surface area contributed by atoms with E-state index in [1.165, 1.54) is 18.2 Å². The van der Waals surface area contributed by atoms with Crippen LogP contribution in [-0.2, 0) is 0 Å². The highest BCUT2D eigenvalue weighted by Crippen LogP contribution is 2.20. The minimum Gasteiger partial charge on any atom is -0.396 e. The van der Waals surface area contributed by atoms with Gasteiger partial charge in [-0.1, -0.05) is 11.8 Å². The second-order valence-electron chi connectivity index (χ2n) is 4.79. The lowest BCUT2D eigenvalue weighted by Crippen LogP contribution is -2.29. The van der Waals surface area contributed by atoms with Crippen molar-refractivity contribution in [2.45, 2.75) is 6.42 Å². The molecule has 0 bridgehead atoms. The van der Waals surface area contributed by atoms with Crippen LogP contribution in [0.25, 0.3) is 0 Å². The second-order valence-corrected chi connectivity index (χ2v) is 4.79. The van der Waals surface area contributed by atoms with Crippen LogP contribution < -0.4 is 5.73 Å². The molecular formula is C15H17FN2O2. The summed E-state index contributed by atoms with van der Waals surface area (Å²) in [6, 6.07) is 4.22. The Labute approximate surface area is 117 Å². The molecule has 1 aromatic rings. The summed E-state index contributed by atoms with van der Waals surface area (Å²) < 4.78 is 13.8. The molecule has 1 aliphatic heterocycles. The highest BCUT2D eigenvalue weighted by Gasteiger charge is 2.27. The summed E-state index contributed by atoms with van der Waals surface area (Å²) >= 11 is 0. The first-order chi connectivity index (χ1) is 9.65. The minimum atomic E-state index is -0.555. The summed E-state index contributed by atoms with van der Waals surface area (Å²) in [6.45, 7) is 1.27. The average Bonchev–Trinajstić information content (AvgIpc) is 2.94. The SMILES string of the molecule is NCC#Cc1ccc(F)c(C(=O)N2CCC(CO)C2)c1. The van der Waals surface area contributed by atoms with Gasteiger partial charge in [0.1, 0.15) is 5.82 Å². The van der Waals surface area contributed by atoms with E-state index in [-0.39, 0.29) is 30.5 Å².